The van der Waals surface area contributed by atoms with Crippen LogP contribution in [-0.4, -0.2) is 63.5 Å². The fourth-order valence-corrected chi connectivity index (χ4v) is 5.88. The molecule has 0 fully saturated rings. The van der Waals surface area contributed by atoms with E-state index in [4.69, 9.17) is 30.4 Å². The van der Waals surface area contributed by atoms with Crippen LogP contribution in [0.3, 0.4) is 0 Å². The number of nitrogens with two attached hydrogens (primary N) is 2. The highest BCUT2D eigenvalue weighted by Gasteiger charge is 2.13. The molecule has 0 saturated heterocycles. The van der Waals surface area contributed by atoms with E-state index >= 15 is 0 Å². The molecule has 63 heavy (non-hydrogen) atoms. The highest BCUT2D eigenvalue weighted by molar-refractivity contribution is 5.64. The van der Waals surface area contributed by atoms with Gasteiger partial charge in [-0.2, -0.15) is 29.9 Å². The van der Waals surface area contributed by atoms with Crippen LogP contribution in [0.2, 0.25) is 0 Å². The van der Waals surface area contributed by atoms with Gasteiger partial charge >= 0.3 is 12.0 Å². The molecule has 8 aromatic rings. The minimum absolute atomic E-state index is 0.160. The van der Waals surface area contributed by atoms with Crippen LogP contribution < -0.4 is 41.0 Å². The normalized spacial score (nSPS) is 10.7. The first-order valence-electron chi connectivity index (χ1n) is 19.8. The largest absolute Gasteiger partial charge is 0.464 e. The second kappa shape index (κ2) is 19.4. The molecule has 322 valence electrons. The van der Waals surface area contributed by atoms with Crippen molar-refractivity contribution in [2.24, 2.45) is 0 Å². The lowest BCUT2D eigenvalue weighted by Crippen LogP contribution is -2.01. The van der Waals surface area contributed by atoms with Crippen LogP contribution in [0.15, 0.2) is 91.0 Å². The number of aryl methyl sites for hydroxylation is 1. The van der Waals surface area contributed by atoms with E-state index in [-0.39, 0.29) is 35.4 Å². The Morgan fingerprint density at radius 1 is 0.556 bits per heavy atom. The molecule has 8 N–H and O–H groups in total. The fourth-order valence-electron chi connectivity index (χ4n) is 5.88. The molecule has 0 radical (unpaired) electrons. The Hall–Kier alpha value is -8.35. The molecular formula is C44H45FN14O4. The molecule has 8 rings (SSSR count). The van der Waals surface area contributed by atoms with Crippen LogP contribution in [0.4, 0.5) is 39.3 Å². The lowest BCUT2D eigenvalue weighted by molar-refractivity contribution is 0.306. The lowest BCUT2D eigenvalue weighted by atomic mass is 10.1. The summed E-state index contributed by atoms with van der Waals surface area (Å²) in [6, 6.07) is 27.2. The van der Waals surface area contributed by atoms with E-state index < -0.39 is 0 Å². The molecular weight excluding hydrogens is 808 g/mol. The van der Waals surface area contributed by atoms with Crippen LogP contribution in [0.5, 0.6) is 35.3 Å². The quantitative estimate of drug-likeness (QED) is 0.0597. The molecule has 0 bridgehead atoms. The molecule has 0 atom stereocenters. The number of anilines is 6. The van der Waals surface area contributed by atoms with E-state index in [2.05, 4.69) is 80.8 Å². The maximum absolute atomic E-state index is 13.7. The third-order valence-electron chi connectivity index (χ3n) is 9.44. The molecule has 0 saturated carbocycles. The summed E-state index contributed by atoms with van der Waals surface area (Å²) in [6.07, 6.45) is 0. The molecule has 4 heterocycles. The van der Waals surface area contributed by atoms with Crippen molar-refractivity contribution in [3.63, 3.8) is 0 Å². The molecule has 0 spiro atoms. The topological polar surface area (TPSA) is 248 Å². The van der Waals surface area contributed by atoms with Crippen molar-refractivity contribution in [2.75, 3.05) is 35.3 Å². The Morgan fingerprint density at radius 3 is 1.51 bits per heavy atom. The van der Waals surface area contributed by atoms with Gasteiger partial charge in [-0.15, -0.1) is 10.2 Å². The molecule has 0 unspecified atom stereocenters. The number of rotatable bonds is 14. The van der Waals surface area contributed by atoms with Gasteiger partial charge in [0.05, 0.1) is 13.2 Å². The summed E-state index contributed by atoms with van der Waals surface area (Å²) in [7, 11) is 0. The van der Waals surface area contributed by atoms with Gasteiger partial charge in [0.25, 0.3) is 0 Å². The smallest absolute Gasteiger partial charge is 0.321 e. The minimum atomic E-state index is -0.246. The van der Waals surface area contributed by atoms with Gasteiger partial charge in [-0.3, -0.25) is 10.2 Å². The number of hydrogen-bond donors (Lipinski definition) is 6. The van der Waals surface area contributed by atoms with Crippen molar-refractivity contribution in [2.45, 2.75) is 41.5 Å². The second-order valence-electron chi connectivity index (χ2n) is 13.8. The zero-order chi connectivity index (χ0) is 44.5. The number of halogens is 1. The molecule has 18 nitrogen and oxygen atoms in total. The zero-order valence-corrected chi connectivity index (χ0v) is 35.3. The SMILES string of the molecule is CCOc1nc(N)cc(Oc2ccc(-c3nc(Nc4ccc(F)c(C)c4C)n[nH]3)cc2)n1.CCOc1nc(N)cc(Oc2ccc(-c3nc(Nc4cccc(C)c4C)n[nH]3)cc2)n1. The van der Waals surface area contributed by atoms with E-state index in [1.807, 2.05) is 69.3 Å². The first-order chi connectivity index (χ1) is 30.4. The number of hydrogen-bond acceptors (Lipinski definition) is 16. The summed E-state index contributed by atoms with van der Waals surface area (Å²) in [4.78, 5) is 25.3. The van der Waals surface area contributed by atoms with Crippen molar-refractivity contribution in [3.05, 3.63) is 119 Å². The van der Waals surface area contributed by atoms with E-state index in [0.29, 0.717) is 59.7 Å². The van der Waals surface area contributed by atoms with Gasteiger partial charge < -0.3 is 41.0 Å². The van der Waals surface area contributed by atoms with E-state index in [1.54, 1.807) is 25.1 Å². The Kier molecular flexibility index (Phi) is 13.1. The maximum Gasteiger partial charge on any atom is 0.321 e. The van der Waals surface area contributed by atoms with E-state index in [1.165, 1.54) is 23.8 Å². The summed E-state index contributed by atoms with van der Waals surface area (Å²) in [5, 5.41) is 20.7. The lowest BCUT2D eigenvalue weighted by Gasteiger charge is -2.09. The number of H-pyrrole nitrogens is 2. The van der Waals surface area contributed by atoms with Crippen molar-refractivity contribution >= 4 is 34.9 Å². The molecule has 0 aliphatic carbocycles. The van der Waals surface area contributed by atoms with Crippen LogP contribution in [-0.2, 0) is 0 Å². The van der Waals surface area contributed by atoms with Crippen LogP contribution >= 0.6 is 0 Å². The third-order valence-corrected chi connectivity index (χ3v) is 9.44. The number of aromatic nitrogens is 10. The predicted octanol–water partition coefficient (Wildman–Crippen LogP) is 8.93. The summed E-state index contributed by atoms with van der Waals surface area (Å²) in [5.41, 5.74) is 18.7. The first-order valence-corrected chi connectivity index (χ1v) is 19.8. The summed E-state index contributed by atoms with van der Waals surface area (Å²) >= 11 is 0. The summed E-state index contributed by atoms with van der Waals surface area (Å²) in [6.45, 7) is 12.2. The van der Waals surface area contributed by atoms with Gasteiger partial charge in [-0.25, -0.2) is 4.39 Å². The first kappa shape index (κ1) is 42.8. The molecule has 0 aliphatic rings. The van der Waals surface area contributed by atoms with Crippen molar-refractivity contribution < 1.29 is 23.3 Å². The third kappa shape index (κ3) is 10.9. The Labute approximate surface area is 361 Å². The number of nitrogen functional groups attached to an aromatic ring is 2. The van der Waals surface area contributed by atoms with Crippen molar-refractivity contribution in [1.29, 1.82) is 0 Å². The Bertz CT molecular complexity index is 2820. The van der Waals surface area contributed by atoms with Gasteiger partial charge in [0.1, 0.15) is 29.0 Å². The highest BCUT2D eigenvalue weighted by atomic mass is 19.1. The number of nitrogens with zero attached hydrogens (tertiary/aromatic N) is 8. The van der Waals surface area contributed by atoms with Crippen LogP contribution in [0, 0.1) is 33.5 Å². The Balaban J connectivity index is 0.000000189. The number of ether oxygens (including phenoxy) is 4. The van der Waals surface area contributed by atoms with Crippen LogP contribution in [0.25, 0.3) is 22.8 Å². The molecule has 0 aliphatic heterocycles. The fraction of sp³-hybridized carbons (Fsp3) is 0.182. The Morgan fingerprint density at radius 2 is 1.03 bits per heavy atom. The minimum Gasteiger partial charge on any atom is -0.464 e. The monoisotopic (exact) mass is 852 g/mol. The van der Waals surface area contributed by atoms with Gasteiger partial charge in [-0.1, -0.05) is 12.1 Å². The van der Waals surface area contributed by atoms with E-state index in [9.17, 15) is 4.39 Å². The molecule has 0 amide bonds. The second-order valence-corrected chi connectivity index (χ2v) is 13.8. The zero-order valence-electron chi connectivity index (χ0n) is 35.3. The van der Waals surface area contributed by atoms with Crippen LogP contribution in [0.1, 0.15) is 36.1 Å². The van der Waals surface area contributed by atoms with E-state index in [0.717, 1.165) is 33.6 Å². The van der Waals surface area contributed by atoms with Crippen molar-refractivity contribution in [1.82, 2.24) is 50.3 Å². The number of aromatic amines is 2. The average molecular weight is 853 g/mol. The number of nitrogens with one attached hydrogen (secondary N) is 4. The standard InChI is InChI=1S/C22H22FN7O2.C22H23N7O2/c1-4-31-22-26-18(24)11-19(27-22)32-15-7-5-14(6-8-15)20-28-21(30-29-20)25-17-10-9-16(23)12(2)13(17)3;1-4-30-22-25-18(23)12-19(26-22)31-16-10-8-15(9-11-16)20-27-21(29-28-20)24-17-7-5-6-13(2)14(17)3/h5-11H,4H2,1-3H3,(H2,24,26,27)(H2,25,28,29,30);5-12H,4H2,1-3H3,(H2,23,25,26)(H2,24,27,28,29). The van der Waals surface area contributed by atoms with Gasteiger partial charge in [0.2, 0.25) is 23.7 Å². The molecule has 19 heteroatoms. The van der Waals surface area contributed by atoms with Gasteiger partial charge in [0.15, 0.2) is 11.6 Å². The van der Waals surface area contributed by atoms with Gasteiger partial charge in [0, 0.05) is 34.6 Å². The molecule has 4 aromatic carbocycles. The maximum atomic E-state index is 13.7. The molecule has 4 aromatic heterocycles. The highest BCUT2D eigenvalue weighted by Crippen LogP contribution is 2.29. The average Bonchev–Trinajstić information content (AvgIpc) is 3.94. The predicted molar refractivity (Wildman–Crippen MR) is 237 cm³/mol. The number of benzene rings is 4. The summed E-state index contributed by atoms with van der Waals surface area (Å²) in [5.74, 6) is 4.13. The summed E-state index contributed by atoms with van der Waals surface area (Å²) < 4.78 is 35.8. The van der Waals surface area contributed by atoms with Crippen molar-refractivity contribution in [3.8, 4) is 58.1 Å². The van der Waals surface area contributed by atoms with Gasteiger partial charge in [-0.05, 0) is 131 Å².